The molecule has 2 amide bonds. The summed E-state index contributed by atoms with van der Waals surface area (Å²) < 4.78 is 0. The maximum Gasteiger partial charge on any atom is 0.265 e. The third-order valence-electron chi connectivity index (χ3n) is 5.47. The Bertz CT molecular complexity index is 1050. The molecule has 0 aliphatic carbocycles. The normalized spacial score (nSPS) is 14.9. The van der Waals surface area contributed by atoms with Crippen LogP contribution in [0.1, 0.15) is 44.5 Å². The number of para-hydroxylation sites is 1. The third kappa shape index (κ3) is 5.15. The summed E-state index contributed by atoms with van der Waals surface area (Å²) in [5.74, 6) is -0.445. The molecule has 1 fully saturated rings. The average molecular weight is 454 g/mol. The van der Waals surface area contributed by atoms with Gasteiger partial charge in [-0.3, -0.25) is 14.5 Å². The van der Waals surface area contributed by atoms with Crippen LogP contribution in [0.2, 0.25) is 5.02 Å². The molecule has 1 aliphatic heterocycles. The largest absolute Gasteiger partial charge is 0.350 e. The minimum absolute atomic E-state index is 0.00743. The summed E-state index contributed by atoms with van der Waals surface area (Å²) in [6.07, 6.45) is 2.29. The van der Waals surface area contributed by atoms with Crippen LogP contribution in [0, 0.1) is 0 Å². The van der Waals surface area contributed by atoms with E-state index in [1.807, 2.05) is 35.7 Å². The van der Waals surface area contributed by atoms with Crippen LogP contribution in [-0.2, 0) is 0 Å². The molecule has 31 heavy (non-hydrogen) atoms. The lowest BCUT2D eigenvalue weighted by Crippen LogP contribution is -2.37. The number of anilines is 1. The van der Waals surface area contributed by atoms with Gasteiger partial charge in [0.25, 0.3) is 11.8 Å². The van der Waals surface area contributed by atoms with Crippen molar-refractivity contribution < 1.29 is 9.59 Å². The van der Waals surface area contributed by atoms with E-state index in [9.17, 15) is 9.59 Å². The van der Waals surface area contributed by atoms with Gasteiger partial charge in [0, 0.05) is 11.6 Å². The Morgan fingerprint density at radius 2 is 1.71 bits per heavy atom. The van der Waals surface area contributed by atoms with Gasteiger partial charge in [-0.2, -0.15) is 0 Å². The molecule has 1 aromatic heterocycles. The fourth-order valence-corrected chi connectivity index (χ4v) is 4.78. The number of likely N-dealkylation sites (tertiary alicyclic amines) is 1. The van der Waals surface area contributed by atoms with Crippen LogP contribution in [0.3, 0.4) is 0 Å². The van der Waals surface area contributed by atoms with Gasteiger partial charge >= 0.3 is 0 Å². The van der Waals surface area contributed by atoms with Gasteiger partial charge in [-0.05, 0) is 61.1 Å². The molecule has 2 heterocycles. The first-order chi connectivity index (χ1) is 15.1. The van der Waals surface area contributed by atoms with Crippen molar-refractivity contribution in [2.24, 2.45) is 0 Å². The molecule has 1 unspecified atom stereocenters. The lowest BCUT2D eigenvalue weighted by Gasteiger charge is -2.29. The standard InChI is InChI=1S/C24H24ClN3O2S/c25-19-10-3-1-8-17(19)21(28-13-5-6-14-28)16-26-23(29)18-9-2-4-11-20(18)27-24(30)22-12-7-15-31-22/h1-4,7-12,15,21H,5-6,13-14,16H2,(H,26,29)(H,27,30). The highest BCUT2D eigenvalue weighted by molar-refractivity contribution is 7.12. The molecule has 7 heteroatoms. The highest BCUT2D eigenvalue weighted by atomic mass is 35.5. The van der Waals surface area contributed by atoms with Crippen LogP contribution in [-0.4, -0.2) is 36.3 Å². The summed E-state index contributed by atoms with van der Waals surface area (Å²) in [7, 11) is 0. The fourth-order valence-electron chi connectivity index (χ4n) is 3.90. The number of thiophene rings is 1. The molecule has 1 aliphatic rings. The Balaban J connectivity index is 1.49. The lowest BCUT2D eigenvalue weighted by molar-refractivity contribution is 0.0939. The first-order valence-corrected chi connectivity index (χ1v) is 11.6. The van der Waals surface area contributed by atoms with Gasteiger partial charge in [0.2, 0.25) is 0 Å². The number of rotatable bonds is 7. The first kappa shape index (κ1) is 21.6. The number of benzene rings is 2. The van der Waals surface area contributed by atoms with Crippen molar-refractivity contribution >= 4 is 40.4 Å². The summed E-state index contributed by atoms with van der Waals surface area (Å²) >= 11 is 7.84. The zero-order valence-electron chi connectivity index (χ0n) is 17.0. The molecule has 1 saturated heterocycles. The average Bonchev–Trinajstić information content (AvgIpc) is 3.50. The van der Waals surface area contributed by atoms with E-state index in [-0.39, 0.29) is 17.9 Å². The second-order valence-corrected chi connectivity index (χ2v) is 8.82. The summed E-state index contributed by atoms with van der Waals surface area (Å²) in [6.45, 7) is 2.41. The summed E-state index contributed by atoms with van der Waals surface area (Å²) in [5, 5.41) is 8.47. The molecular formula is C24H24ClN3O2S. The number of halogens is 1. The Morgan fingerprint density at radius 3 is 2.45 bits per heavy atom. The molecule has 160 valence electrons. The predicted molar refractivity (Wildman–Crippen MR) is 126 cm³/mol. The monoisotopic (exact) mass is 453 g/mol. The molecule has 0 radical (unpaired) electrons. The smallest absolute Gasteiger partial charge is 0.265 e. The quantitative estimate of drug-likeness (QED) is 0.515. The van der Waals surface area contributed by atoms with E-state index in [0.29, 0.717) is 27.7 Å². The molecule has 5 nitrogen and oxygen atoms in total. The van der Waals surface area contributed by atoms with E-state index in [1.165, 1.54) is 11.3 Å². The van der Waals surface area contributed by atoms with Crippen molar-refractivity contribution in [2.75, 3.05) is 25.0 Å². The Kier molecular flexibility index (Phi) is 7.02. The number of amides is 2. The molecule has 0 spiro atoms. The van der Waals surface area contributed by atoms with E-state index in [4.69, 9.17) is 11.6 Å². The van der Waals surface area contributed by atoms with E-state index < -0.39 is 0 Å². The number of hydrogen-bond acceptors (Lipinski definition) is 4. The van der Waals surface area contributed by atoms with Crippen molar-refractivity contribution in [3.8, 4) is 0 Å². The molecule has 0 bridgehead atoms. The molecule has 4 rings (SSSR count). The second kappa shape index (κ2) is 10.1. The first-order valence-electron chi connectivity index (χ1n) is 10.3. The Morgan fingerprint density at radius 1 is 0.968 bits per heavy atom. The van der Waals surface area contributed by atoms with Gasteiger partial charge in [-0.1, -0.05) is 48.0 Å². The van der Waals surface area contributed by atoms with Crippen LogP contribution < -0.4 is 10.6 Å². The molecular weight excluding hydrogens is 430 g/mol. The van der Waals surface area contributed by atoms with Gasteiger partial charge in [0.05, 0.1) is 22.2 Å². The van der Waals surface area contributed by atoms with Gasteiger partial charge < -0.3 is 10.6 Å². The number of hydrogen-bond donors (Lipinski definition) is 2. The van der Waals surface area contributed by atoms with Crippen molar-refractivity contribution in [1.29, 1.82) is 0 Å². The SMILES string of the molecule is O=C(Nc1ccccc1C(=O)NCC(c1ccccc1Cl)N1CCCC1)c1cccs1. The molecule has 2 N–H and O–H groups in total. The maximum absolute atomic E-state index is 13.1. The molecule has 3 aromatic rings. The van der Waals surface area contributed by atoms with Gasteiger partial charge in [0.15, 0.2) is 0 Å². The number of carbonyl (C=O) groups excluding carboxylic acids is 2. The summed E-state index contributed by atoms with van der Waals surface area (Å²) in [6, 6.07) is 18.4. The van der Waals surface area contributed by atoms with Crippen LogP contribution in [0.5, 0.6) is 0 Å². The van der Waals surface area contributed by atoms with Gasteiger partial charge in [0.1, 0.15) is 0 Å². The van der Waals surface area contributed by atoms with Crippen LogP contribution in [0.25, 0.3) is 0 Å². The van der Waals surface area contributed by atoms with E-state index in [0.717, 1.165) is 31.5 Å². The fraction of sp³-hybridized carbons (Fsp3) is 0.250. The highest BCUT2D eigenvalue weighted by Crippen LogP contribution is 2.30. The van der Waals surface area contributed by atoms with Gasteiger partial charge in [-0.15, -0.1) is 11.3 Å². The van der Waals surface area contributed by atoms with Crippen LogP contribution in [0.4, 0.5) is 5.69 Å². The predicted octanol–water partition coefficient (Wildman–Crippen LogP) is 5.22. The van der Waals surface area contributed by atoms with Crippen molar-refractivity contribution in [3.63, 3.8) is 0 Å². The molecule has 0 saturated carbocycles. The zero-order chi connectivity index (χ0) is 21.6. The number of nitrogens with one attached hydrogen (secondary N) is 2. The number of carbonyl (C=O) groups is 2. The number of nitrogens with zero attached hydrogens (tertiary/aromatic N) is 1. The highest BCUT2D eigenvalue weighted by Gasteiger charge is 2.26. The van der Waals surface area contributed by atoms with Crippen LogP contribution >= 0.6 is 22.9 Å². The van der Waals surface area contributed by atoms with E-state index in [2.05, 4.69) is 15.5 Å². The van der Waals surface area contributed by atoms with Gasteiger partial charge in [-0.25, -0.2) is 0 Å². The topological polar surface area (TPSA) is 61.4 Å². The lowest BCUT2D eigenvalue weighted by atomic mass is 10.0. The van der Waals surface area contributed by atoms with Crippen molar-refractivity contribution in [1.82, 2.24) is 10.2 Å². The maximum atomic E-state index is 13.1. The second-order valence-electron chi connectivity index (χ2n) is 7.47. The zero-order valence-corrected chi connectivity index (χ0v) is 18.6. The summed E-state index contributed by atoms with van der Waals surface area (Å²) in [4.78, 5) is 28.5. The third-order valence-corrected chi connectivity index (χ3v) is 6.68. The minimum Gasteiger partial charge on any atom is -0.350 e. The van der Waals surface area contributed by atoms with Crippen molar-refractivity contribution in [3.05, 3.63) is 87.1 Å². The Hall–Kier alpha value is -2.67. The Labute approximate surface area is 191 Å². The molecule has 2 aromatic carbocycles. The van der Waals surface area contributed by atoms with Crippen LogP contribution in [0.15, 0.2) is 66.0 Å². The van der Waals surface area contributed by atoms with E-state index >= 15 is 0 Å². The van der Waals surface area contributed by atoms with Crippen molar-refractivity contribution in [2.45, 2.75) is 18.9 Å². The minimum atomic E-state index is -0.224. The summed E-state index contributed by atoms with van der Waals surface area (Å²) in [5.41, 5.74) is 1.95. The molecule has 1 atom stereocenters. The van der Waals surface area contributed by atoms with E-state index in [1.54, 1.807) is 30.3 Å².